The van der Waals surface area contributed by atoms with Crippen LogP contribution in [-0.2, 0) is 11.2 Å². The van der Waals surface area contributed by atoms with Gasteiger partial charge in [0.25, 0.3) is 5.91 Å². The first-order valence-corrected chi connectivity index (χ1v) is 8.35. The van der Waals surface area contributed by atoms with Crippen molar-refractivity contribution >= 4 is 27.9 Å². The molecule has 5 nitrogen and oxygen atoms in total. The molecule has 128 valence electrons. The number of nitriles is 1. The summed E-state index contributed by atoms with van der Waals surface area (Å²) in [6.45, 7) is 0.435. The Balaban J connectivity index is 2.08. The van der Waals surface area contributed by atoms with Crippen molar-refractivity contribution in [2.45, 2.75) is 6.42 Å². The first-order chi connectivity index (χ1) is 12.0. The van der Waals surface area contributed by atoms with Crippen LogP contribution in [0.5, 0.6) is 11.5 Å². The SMILES string of the molecule is COc1cc(/C=C(/C#N)C(=O)NCCc2ccccc2)cc(Br)c1O. The Morgan fingerprint density at radius 2 is 2.08 bits per heavy atom. The molecule has 0 unspecified atom stereocenters. The number of amides is 1. The van der Waals surface area contributed by atoms with Crippen LogP contribution < -0.4 is 10.1 Å². The minimum Gasteiger partial charge on any atom is -0.503 e. The van der Waals surface area contributed by atoms with Crippen LogP contribution >= 0.6 is 15.9 Å². The summed E-state index contributed by atoms with van der Waals surface area (Å²) >= 11 is 3.21. The van der Waals surface area contributed by atoms with Gasteiger partial charge in [0, 0.05) is 6.54 Å². The first kappa shape index (κ1) is 18.6. The van der Waals surface area contributed by atoms with Crippen molar-refractivity contribution in [3.63, 3.8) is 0 Å². The summed E-state index contributed by atoms with van der Waals surface area (Å²) in [5.41, 5.74) is 1.65. The van der Waals surface area contributed by atoms with E-state index in [1.54, 1.807) is 12.1 Å². The van der Waals surface area contributed by atoms with Crippen molar-refractivity contribution in [2.24, 2.45) is 0 Å². The summed E-state index contributed by atoms with van der Waals surface area (Å²) in [6, 6.07) is 14.8. The molecule has 1 amide bonds. The summed E-state index contributed by atoms with van der Waals surface area (Å²) in [6.07, 6.45) is 2.13. The molecule has 0 saturated heterocycles. The Bertz CT molecular complexity index is 827. The number of benzene rings is 2. The smallest absolute Gasteiger partial charge is 0.261 e. The zero-order valence-electron chi connectivity index (χ0n) is 13.6. The number of aromatic hydroxyl groups is 1. The molecule has 6 heteroatoms. The normalized spacial score (nSPS) is 10.8. The molecular weight excluding hydrogens is 384 g/mol. The van der Waals surface area contributed by atoms with Crippen LogP contribution in [-0.4, -0.2) is 24.7 Å². The van der Waals surface area contributed by atoms with E-state index in [-0.39, 0.29) is 17.1 Å². The summed E-state index contributed by atoms with van der Waals surface area (Å²) < 4.78 is 5.48. The minimum atomic E-state index is -0.443. The van der Waals surface area contributed by atoms with Gasteiger partial charge in [0.05, 0.1) is 11.6 Å². The molecule has 2 aromatic carbocycles. The number of hydrogen-bond donors (Lipinski definition) is 2. The van der Waals surface area contributed by atoms with E-state index in [1.807, 2.05) is 36.4 Å². The number of halogens is 1. The lowest BCUT2D eigenvalue weighted by Crippen LogP contribution is -2.26. The average Bonchev–Trinajstić information content (AvgIpc) is 2.63. The predicted molar refractivity (Wildman–Crippen MR) is 99.1 cm³/mol. The van der Waals surface area contributed by atoms with Crippen LogP contribution in [0.1, 0.15) is 11.1 Å². The largest absolute Gasteiger partial charge is 0.503 e. The molecule has 2 N–H and O–H groups in total. The fourth-order valence-electron chi connectivity index (χ4n) is 2.21. The van der Waals surface area contributed by atoms with Crippen LogP contribution in [0.3, 0.4) is 0 Å². The van der Waals surface area contributed by atoms with E-state index in [9.17, 15) is 15.2 Å². The fraction of sp³-hybridized carbons (Fsp3) is 0.158. The molecule has 0 heterocycles. The van der Waals surface area contributed by atoms with Crippen LogP contribution in [0.2, 0.25) is 0 Å². The maximum atomic E-state index is 12.2. The van der Waals surface area contributed by atoms with Gasteiger partial charge in [-0.25, -0.2) is 0 Å². The molecule has 0 atom stereocenters. The summed E-state index contributed by atoms with van der Waals surface area (Å²) in [4.78, 5) is 12.2. The highest BCUT2D eigenvalue weighted by Gasteiger charge is 2.11. The number of carbonyl (C=O) groups excluding carboxylic acids is 1. The predicted octanol–water partition coefficient (Wildman–Crippen LogP) is 3.43. The lowest BCUT2D eigenvalue weighted by Gasteiger charge is -2.07. The summed E-state index contributed by atoms with van der Waals surface area (Å²) in [5.74, 6) is -0.227. The number of hydrogen-bond acceptors (Lipinski definition) is 4. The molecule has 0 aromatic heterocycles. The molecular formula is C19H17BrN2O3. The molecule has 25 heavy (non-hydrogen) atoms. The van der Waals surface area contributed by atoms with E-state index < -0.39 is 5.91 Å². The number of methoxy groups -OCH3 is 1. The van der Waals surface area contributed by atoms with Gasteiger partial charge in [0.15, 0.2) is 11.5 Å². The minimum absolute atomic E-state index is 0.0206. The van der Waals surface area contributed by atoms with Gasteiger partial charge in [-0.15, -0.1) is 0 Å². The second kappa shape index (κ2) is 8.90. The van der Waals surface area contributed by atoms with E-state index in [0.29, 0.717) is 23.0 Å². The number of ether oxygens (including phenoxy) is 1. The van der Waals surface area contributed by atoms with Gasteiger partial charge >= 0.3 is 0 Å². The number of phenols is 1. The molecule has 2 aromatic rings. The topological polar surface area (TPSA) is 82.3 Å². The second-order valence-electron chi connectivity index (χ2n) is 5.21. The number of nitrogens with zero attached hydrogens (tertiary/aromatic N) is 1. The van der Waals surface area contributed by atoms with Crippen molar-refractivity contribution in [1.29, 1.82) is 5.26 Å². The Hall–Kier alpha value is -2.78. The van der Waals surface area contributed by atoms with E-state index in [0.717, 1.165) is 5.56 Å². The molecule has 2 rings (SSSR count). The monoisotopic (exact) mass is 400 g/mol. The van der Waals surface area contributed by atoms with Gasteiger partial charge in [0.2, 0.25) is 0 Å². The second-order valence-corrected chi connectivity index (χ2v) is 6.07. The lowest BCUT2D eigenvalue weighted by molar-refractivity contribution is -0.117. The molecule has 0 aliphatic heterocycles. The Labute approximate surface area is 154 Å². The van der Waals surface area contributed by atoms with Crippen molar-refractivity contribution < 1.29 is 14.6 Å². The van der Waals surface area contributed by atoms with Crippen molar-refractivity contribution in [2.75, 3.05) is 13.7 Å². The number of phenolic OH excluding ortho intramolecular Hbond substituents is 1. The molecule has 0 spiro atoms. The zero-order valence-corrected chi connectivity index (χ0v) is 15.2. The Kier molecular flexibility index (Phi) is 6.61. The molecule has 0 bridgehead atoms. The van der Waals surface area contributed by atoms with Crippen LogP contribution in [0.4, 0.5) is 0 Å². The molecule has 0 aliphatic rings. The molecule has 0 fully saturated rings. The van der Waals surface area contributed by atoms with E-state index in [1.165, 1.54) is 13.2 Å². The third-order valence-electron chi connectivity index (χ3n) is 3.49. The first-order valence-electron chi connectivity index (χ1n) is 7.55. The van der Waals surface area contributed by atoms with E-state index in [2.05, 4.69) is 21.2 Å². The highest BCUT2D eigenvalue weighted by Crippen LogP contribution is 2.35. The van der Waals surface area contributed by atoms with Crippen molar-refractivity contribution in [3.05, 3.63) is 63.6 Å². The Morgan fingerprint density at radius 1 is 1.36 bits per heavy atom. The summed E-state index contributed by atoms with van der Waals surface area (Å²) in [5, 5.41) is 21.8. The highest BCUT2D eigenvalue weighted by atomic mass is 79.9. The number of carbonyl (C=O) groups is 1. The summed E-state index contributed by atoms with van der Waals surface area (Å²) in [7, 11) is 1.43. The maximum Gasteiger partial charge on any atom is 0.261 e. The highest BCUT2D eigenvalue weighted by molar-refractivity contribution is 9.10. The number of nitrogens with one attached hydrogen (secondary N) is 1. The maximum absolute atomic E-state index is 12.2. The van der Waals surface area contributed by atoms with Gasteiger partial charge in [-0.3, -0.25) is 4.79 Å². The standard InChI is InChI=1S/C19H17BrN2O3/c1-25-17-11-14(10-16(20)18(17)23)9-15(12-21)19(24)22-8-7-13-5-3-2-4-6-13/h2-6,9-11,23H,7-8H2,1H3,(H,22,24)/b15-9-. The quantitative estimate of drug-likeness (QED) is 0.574. The Morgan fingerprint density at radius 3 is 2.72 bits per heavy atom. The van der Waals surface area contributed by atoms with Gasteiger partial charge in [0.1, 0.15) is 11.6 Å². The van der Waals surface area contributed by atoms with Gasteiger partial charge in [-0.2, -0.15) is 5.26 Å². The fourth-order valence-corrected chi connectivity index (χ4v) is 2.67. The molecule has 0 aliphatic carbocycles. The van der Waals surface area contributed by atoms with Crippen molar-refractivity contribution in [3.8, 4) is 17.6 Å². The average molecular weight is 401 g/mol. The molecule has 0 radical (unpaired) electrons. The van der Waals surface area contributed by atoms with Crippen LogP contribution in [0, 0.1) is 11.3 Å². The van der Waals surface area contributed by atoms with Gasteiger partial charge in [-0.1, -0.05) is 30.3 Å². The van der Waals surface area contributed by atoms with Crippen LogP contribution in [0.15, 0.2) is 52.5 Å². The van der Waals surface area contributed by atoms with Crippen molar-refractivity contribution in [1.82, 2.24) is 5.32 Å². The van der Waals surface area contributed by atoms with E-state index >= 15 is 0 Å². The third kappa shape index (κ3) is 5.10. The molecule has 0 saturated carbocycles. The number of rotatable bonds is 6. The van der Waals surface area contributed by atoms with Gasteiger partial charge in [-0.05, 0) is 51.7 Å². The zero-order chi connectivity index (χ0) is 18.2. The van der Waals surface area contributed by atoms with E-state index in [4.69, 9.17) is 4.74 Å². The van der Waals surface area contributed by atoms with Gasteiger partial charge < -0.3 is 15.2 Å². The third-order valence-corrected chi connectivity index (χ3v) is 4.09. The lowest BCUT2D eigenvalue weighted by atomic mass is 10.1. The van der Waals surface area contributed by atoms with Crippen LogP contribution in [0.25, 0.3) is 6.08 Å².